The molecule has 32 heavy (non-hydrogen) atoms. The third-order valence-corrected chi connectivity index (χ3v) is 4.65. The fourth-order valence-electron chi connectivity index (χ4n) is 2.36. The van der Waals surface area contributed by atoms with Crippen LogP contribution in [0.2, 0.25) is 19.6 Å². The Morgan fingerprint density at radius 3 is 2.31 bits per heavy atom. The second-order valence-corrected chi connectivity index (χ2v) is 12.6. The fourth-order valence-corrected chi connectivity index (χ4v) is 2.88. The van der Waals surface area contributed by atoms with Gasteiger partial charge in [0.05, 0.1) is 16.9 Å². The van der Waals surface area contributed by atoms with Crippen molar-refractivity contribution in [3.05, 3.63) is 58.9 Å². The standard InChI is InChI=1S/C21H23F3N4O3Si/c1-12(29)25-21(31)28-27-20(30)14-6-7-15(22)18(24)19(14)26-17-8-5-13(11-16(17)23)9-10-32(2,3)4/h5-8,11-12,26,29H,1-4H3,(H,27,30)(H2,25,28,31). The number of anilines is 2. The Hall–Kier alpha value is -3.49. The molecule has 11 heteroatoms. The van der Waals surface area contributed by atoms with Crippen LogP contribution in [0.3, 0.4) is 0 Å². The molecule has 1 atom stereocenters. The summed E-state index contributed by atoms with van der Waals surface area (Å²) in [5.41, 5.74) is 6.21. The van der Waals surface area contributed by atoms with Gasteiger partial charge in [-0.2, -0.15) is 0 Å². The number of benzene rings is 2. The van der Waals surface area contributed by atoms with Crippen LogP contribution in [-0.4, -0.2) is 31.3 Å². The van der Waals surface area contributed by atoms with Gasteiger partial charge in [0, 0.05) is 5.56 Å². The molecular formula is C21H23F3N4O3Si. The average molecular weight is 465 g/mol. The Morgan fingerprint density at radius 2 is 1.72 bits per heavy atom. The minimum Gasteiger partial charge on any atom is -0.374 e. The summed E-state index contributed by atoms with van der Waals surface area (Å²) in [6.07, 6.45) is -1.19. The van der Waals surface area contributed by atoms with Gasteiger partial charge in [-0.1, -0.05) is 25.6 Å². The van der Waals surface area contributed by atoms with Crippen LogP contribution in [0.25, 0.3) is 0 Å². The van der Waals surface area contributed by atoms with Gasteiger partial charge in [0.25, 0.3) is 5.91 Å². The van der Waals surface area contributed by atoms with E-state index in [9.17, 15) is 22.8 Å². The second kappa shape index (κ2) is 10.2. The Bertz CT molecular complexity index is 1090. The highest BCUT2D eigenvalue weighted by molar-refractivity contribution is 6.83. The van der Waals surface area contributed by atoms with Gasteiger partial charge in [0.1, 0.15) is 20.1 Å². The van der Waals surface area contributed by atoms with Crippen molar-refractivity contribution in [2.45, 2.75) is 32.8 Å². The third-order valence-electron chi connectivity index (χ3n) is 3.78. The number of hydrogen-bond acceptors (Lipinski definition) is 4. The quantitative estimate of drug-likeness (QED) is 0.207. The Kier molecular flexibility index (Phi) is 7.90. The highest BCUT2D eigenvalue weighted by atomic mass is 28.3. The predicted octanol–water partition coefficient (Wildman–Crippen LogP) is 3.36. The number of carbonyl (C=O) groups is 2. The van der Waals surface area contributed by atoms with Gasteiger partial charge < -0.3 is 15.7 Å². The summed E-state index contributed by atoms with van der Waals surface area (Å²) in [7, 11) is -1.67. The largest absolute Gasteiger partial charge is 0.374 e. The van der Waals surface area contributed by atoms with Crippen molar-refractivity contribution < 1.29 is 27.9 Å². The van der Waals surface area contributed by atoms with E-state index < -0.39 is 54.9 Å². The van der Waals surface area contributed by atoms with E-state index in [1.54, 1.807) is 0 Å². The van der Waals surface area contributed by atoms with Crippen LogP contribution in [-0.2, 0) is 0 Å². The molecule has 2 rings (SSSR count). The zero-order valence-corrected chi connectivity index (χ0v) is 18.9. The van der Waals surface area contributed by atoms with Crippen molar-refractivity contribution in [2.75, 3.05) is 5.32 Å². The normalized spacial score (nSPS) is 11.6. The third kappa shape index (κ3) is 7.04. The van der Waals surface area contributed by atoms with Crippen LogP contribution < -0.4 is 21.5 Å². The van der Waals surface area contributed by atoms with Crippen molar-refractivity contribution in [3.63, 3.8) is 0 Å². The molecule has 0 aliphatic rings. The minimum absolute atomic E-state index is 0.207. The average Bonchev–Trinajstić information content (AvgIpc) is 2.68. The van der Waals surface area contributed by atoms with Gasteiger partial charge in [-0.05, 0) is 37.3 Å². The Labute approximate surface area is 184 Å². The highest BCUT2D eigenvalue weighted by Gasteiger charge is 2.21. The molecule has 0 aliphatic heterocycles. The number of amides is 3. The molecule has 0 saturated heterocycles. The van der Waals surface area contributed by atoms with Crippen molar-refractivity contribution in [3.8, 4) is 11.5 Å². The van der Waals surface area contributed by atoms with Crippen molar-refractivity contribution in [2.24, 2.45) is 0 Å². The molecule has 1 unspecified atom stereocenters. The first-order chi connectivity index (χ1) is 14.9. The molecule has 0 fully saturated rings. The first-order valence-electron chi connectivity index (χ1n) is 9.50. The lowest BCUT2D eigenvalue weighted by Crippen LogP contribution is -2.49. The van der Waals surface area contributed by atoms with Crippen LogP contribution in [0.15, 0.2) is 30.3 Å². The van der Waals surface area contributed by atoms with E-state index in [-0.39, 0.29) is 5.69 Å². The highest BCUT2D eigenvalue weighted by Crippen LogP contribution is 2.28. The number of carbonyl (C=O) groups excluding carboxylic acids is 2. The lowest BCUT2D eigenvalue weighted by molar-refractivity contribution is 0.0931. The van der Waals surface area contributed by atoms with Crippen LogP contribution in [0.4, 0.5) is 29.3 Å². The van der Waals surface area contributed by atoms with Gasteiger partial charge in [-0.3, -0.25) is 10.2 Å². The minimum atomic E-state index is -1.67. The summed E-state index contributed by atoms with van der Waals surface area (Å²) >= 11 is 0. The maximum atomic E-state index is 14.6. The molecular weight excluding hydrogens is 441 g/mol. The molecule has 0 heterocycles. The molecule has 7 nitrogen and oxygen atoms in total. The van der Waals surface area contributed by atoms with E-state index in [4.69, 9.17) is 5.11 Å². The lowest BCUT2D eigenvalue weighted by atomic mass is 10.1. The van der Waals surface area contributed by atoms with E-state index in [1.165, 1.54) is 19.1 Å². The number of aliphatic hydroxyl groups excluding tert-OH is 1. The topological polar surface area (TPSA) is 102 Å². The van der Waals surface area contributed by atoms with Crippen molar-refractivity contribution in [1.82, 2.24) is 16.2 Å². The number of aliphatic hydroxyl groups is 1. The summed E-state index contributed by atoms with van der Waals surface area (Å²) in [5.74, 6) is -1.57. The Balaban J connectivity index is 2.30. The van der Waals surface area contributed by atoms with E-state index in [1.807, 2.05) is 35.8 Å². The lowest BCUT2D eigenvalue weighted by Gasteiger charge is -2.15. The molecule has 2 aromatic carbocycles. The summed E-state index contributed by atoms with van der Waals surface area (Å²) < 4.78 is 42.8. The van der Waals surface area contributed by atoms with Gasteiger partial charge in [0.15, 0.2) is 11.6 Å². The SMILES string of the molecule is CC(O)NC(=O)NNC(=O)c1ccc(F)c(F)c1Nc1ccc(C#C[Si](C)(C)C)cc1F. The van der Waals surface area contributed by atoms with Gasteiger partial charge >= 0.3 is 6.03 Å². The molecule has 3 amide bonds. The van der Waals surface area contributed by atoms with Gasteiger partial charge in [-0.25, -0.2) is 23.4 Å². The van der Waals surface area contributed by atoms with Crippen molar-refractivity contribution in [1.29, 1.82) is 0 Å². The summed E-state index contributed by atoms with van der Waals surface area (Å²) in [4.78, 5) is 23.8. The zero-order valence-electron chi connectivity index (χ0n) is 17.9. The molecule has 2 aromatic rings. The molecule has 5 N–H and O–H groups in total. The second-order valence-electron chi connectivity index (χ2n) is 7.83. The van der Waals surface area contributed by atoms with Crippen molar-refractivity contribution >= 4 is 31.4 Å². The molecule has 0 bridgehead atoms. The maximum absolute atomic E-state index is 14.6. The summed E-state index contributed by atoms with van der Waals surface area (Å²) in [6.45, 7) is 7.38. The number of hydrogen-bond donors (Lipinski definition) is 5. The first-order valence-corrected chi connectivity index (χ1v) is 13.0. The number of hydrazine groups is 1. The van der Waals surface area contributed by atoms with Gasteiger partial charge in [-0.15, -0.1) is 5.54 Å². The molecule has 0 saturated carbocycles. The van der Waals surface area contributed by atoms with Crippen LogP contribution >= 0.6 is 0 Å². The molecule has 0 aromatic heterocycles. The smallest absolute Gasteiger partial charge is 0.335 e. The number of nitrogens with one attached hydrogen (secondary N) is 4. The first kappa shape index (κ1) is 24.8. The molecule has 0 radical (unpaired) electrons. The number of rotatable bonds is 4. The summed E-state index contributed by atoms with van der Waals surface area (Å²) in [6, 6.07) is 4.70. The van der Waals surface area contributed by atoms with E-state index in [0.717, 1.165) is 18.2 Å². The predicted molar refractivity (Wildman–Crippen MR) is 117 cm³/mol. The molecule has 170 valence electrons. The van der Waals surface area contributed by atoms with E-state index >= 15 is 0 Å². The van der Waals surface area contributed by atoms with Crippen LogP contribution in [0.5, 0.6) is 0 Å². The van der Waals surface area contributed by atoms with Crippen LogP contribution in [0.1, 0.15) is 22.8 Å². The van der Waals surface area contributed by atoms with E-state index in [2.05, 4.69) is 16.8 Å². The Morgan fingerprint density at radius 1 is 1.03 bits per heavy atom. The molecule has 0 spiro atoms. The number of urea groups is 1. The number of halogens is 3. The van der Waals surface area contributed by atoms with Crippen LogP contribution in [0, 0.1) is 28.9 Å². The van der Waals surface area contributed by atoms with Gasteiger partial charge in [0.2, 0.25) is 0 Å². The zero-order chi connectivity index (χ0) is 24.1. The fraction of sp³-hybridized carbons (Fsp3) is 0.238. The monoisotopic (exact) mass is 464 g/mol. The molecule has 0 aliphatic carbocycles. The maximum Gasteiger partial charge on any atom is 0.335 e. The summed E-state index contributed by atoms with van der Waals surface area (Å²) in [5, 5.41) is 13.5. The van der Waals surface area contributed by atoms with E-state index in [0.29, 0.717) is 5.56 Å².